The van der Waals surface area contributed by atoms with E-state index in [1.54, 1.807) is 12.1 Å². The summed E-state index contributed by atoms with van der Waals surface area (Å²) in [5, 5.41) is 2.37. The van der Waals surface area contributed by atoms with Crippen LogP contribution >= 0.6 is 0 Å². The number of hydrogen-bond acceptors (Lipinski definition) is 5. The number of amides is 2. The van der Waals surface area contributed by atoms with Crippen molar-refractivity contribution in [2.75, 3.05) is 12.0 Å². The molecule has 2 saturated carbocycles. The first-order valence-corrected chi connectivity index (χ1v) is 10.8. The molecule has 7 heteroatoms. The highest BCUT2D eigenvalue weighted by Crippen LogP contribution is 2.40. The van der Waals surface area contributed by atoms with Gasteiger partial charge in [-0.1, -0.05) is 19.3 Å². The van der Waals surface area contributed by atoms with Crippen LogP contribution in [-0.2, 0) is 9.59 Å². The molecule has 0 aromatic heterocycles. The number of ether oxygens (including phenoxy) is 1. The van der Waals surface area contributed by atoms with E-state index in [0.29, 0.717) is 24.7 Å². The van der Waals surface area contributed by atoms with Gasteiger partial charge in [0, 0.05) is 23.9 Å². The van der Waals surface area contributed by atoms with E-state index in [1.807, 2.05) is 0 Å². The number of carbonyl (C=O) groups excluding carboxylic acids is 2. The molecular weight excluding hydrogens is 373 g/mol. The molecule has 1 atom stereocenters. The van der Waals surface area contributed by atoms with Crippen LogP contribution in [0.1, 0.15) is 64.2 Å². The van der Waals surface area contributed by atoms with Crippen LogP contribution in [0, 0.1) is 17.7 Å². The zero-order chi connectivity index (χ0) is 20.3. The number of hydrogen-bond donors (Lipinski definition) is 3. The van der Waals surface area contributed by atoms with Crippen molar-refractivity contribution in [2.24, 2.45) is 11.8 Å². The molecular formula is C22H30FN3O3. The third-order valence-corrected chi connectivity index (χ3v) is 6.20. The second-order valence-electron chi connectivity index (χ2n) is 8.84. The molecule has 1 aromatic carbocycles. The minimum Gasteiger partial charge on any atom is -0.490 e. The first-order chi connectivity index (χ1) is 14.0. The van der Waals surface area contributed by atoms with Gasteiger partial charge in [0.15, 0.2) is 11.6 Å². The van der Waals surface area contributed by atoms with E-state index in [2.05, 4.69) is 16.2 Å². The van der Waals surface area contributed by atoms with Crippen LogP contribution in [-0.4, -0.2) is 24.0 Å². The van der Waals surface area contributed by atoms with Gasteiger partial charge in [-0.3, -0.25) is 14.9 Å². The Labute approximate surface area is 170 Å². The average molecular weight is 403 g/mol. The van der Waals surface area contributed by atoms with Gasteiger partial charge in [-0.25, -0.2) is 9.82 Å². The third-order valence-electron chi connectivity index (χ3n) is 6.20. The van der Waals surface area contributed by atoms with Gasteiger partial charge in [0.1, 0.15) is 0 Å². The van der Waals surface area contributed by atoms with Gasteiger partial charge in [-0.2, -0.15) is 0 Å². The lowest BCUT2D eigenvalue weighted by Crippen LogP contribution is -2.36. The van der Waals surface area contributed by atoms with Crippen LogP contribution in [0.15, 0.2) is 18.2 Å². The third kappa shape index (κ3) is 5.69. The summed E-state index contributed by atoms with van der Waals surface area (Å²) in [4.78, 5) is 22.8. The van der Waals surface area contributed by atoms with Crippen LogP contribution in [0.25, 0.3) is 0 Å². The number of unbranched alkanes of at least 4 members (excludes halogenated alkanes) is 2. The summed E-state index contributed by atoms with van der Waals surface area (Å²) >= 11 is 0. The van der Waals surface area contributed by atoms with E-state index in [4.69, 9.17) is 4.74 Å². The Morgan fingerprint density at radius 1 is 1.17 bits per heavy atom. The van der Waals surface area contributed by atoms with Crippen LogP contribution in [0.2, 0.25) is 0 Å². The quantitative estimate of drug-likeness (QED) is 0.282. The summed E-state index contributed by atoms with van der Waals surface area (Å²) in [7, 11) is 0. The Balaban J connectivity index is 1.15. The van der Waals surface area contributed by atoms with Gasteiger partial charge in [-0.15, -0.1) is 0 Å². The van der Waals surface area contributed by atoms with Gasteiger partial charge >= 0.3 is 0 Å². The van der Waals surface area contributed by atoms with Crippen LogP contribution in [0.4, 0.5) is 10.1 Å². The average Bonchev–Trinajstić information content (AvgIpc) is 3.61. The summed E-state index contributed by atoms with van der Waals surface area (Å²) in [6, 6.07) is 4.88. The van der Waals surface area contributed by atoms with Crippen LogP contribution < -0.4 is 20.9 Å². The lowest BCUT2D eigenvalue weighted by atomic mass is 9.98. The topological polar surface area (TPSA) is 79.5 Å². The van der Waals surface area contributed by atoms with E-state index >= 15 is 0 Å². The lowest BCUT2D eigenvalue weighted by molar-refractivity contribution is -0.125. The highest BCUT2D eigenvalue weighted by molar-refractivity contribution is 6.03. The number of imide groups is 1. The normalized spacial score (nSPS) is 22.4. The van der Waals surface area contributed by atoms with Crippen molar-refractivity contribution in [1.29, 1.82) is 0 Å². The summed E-state index contributed by atoms with van der Waals surface area (Å²) in [6.45, 7) is 0.592. The van der Waals surface area contributed by atoms with E-state index in [-0.39, 0.29) is 29.1 Å². The predicted molar refractivity (Wildman–Crippen MR) is 108 cm³/mol. The minimum absolute atomic E-state index is 0.101. The number of nitrogens with one attached hydrogen (secondary N) is 3. The molecule has 6 nitrogen and oxygen atoms in total. The molecule has 3 N–H and O–H groups in total. The molecule has 1 unspecified atom stereocenters. The highest BCUT2D eigenvalue weighted by Gasteiger charge is 2.41. The number of anilines is 1. The zero-order valence-corrected chi connectivity index (χ0v) is 16.8. The minimum atomic E-state index is -0.324. The van der Waals surface area contributed by atoms with Crippen molar-refractivity contribution in [3.8, 4) is 5.75 Å². The lowest BCUT2D eigenvalue weighted by Gasteiger charge is -2.19. The summed E-state index contributed by atoms with van der Waals surface area (Å²) < 4.78 is 19.5. The Hall–Kier alpha value is -2.15. The molecule has 4 rings (SSSR count). The predicted octanol–water partition coefficient (Wildman–Crippen LogP) is 3.68. The first kappa shape index (κ1) is 20.1. The Morgan fingerprint density at radius 2 is 2.00 bits per heavy atom. The van der Waals surface area contributed by atoms with Gasteiger partial charge in [-0.05, 0) is 56.6 Å². The van der Waals surface area contributed by atoms with Crippen LogP contribution in [0.5, 0.6) is 5.75 Å². The number of benzene rings is 1. The van der Waals surface area contributed by atoms with Gasteiger partial charge < -0.3 is 10.2 Å². The largest absolute Gasteiger partial charge is 0.490 e. The molecule has 1 saturated heterocycles. The highest BCUT2D eigenvalue weighted by atomic mass is 19.1. The molecule has 2 amide bonds. The fourth-order valence-corrected chi connectivity index (χ4v) is 3.85. The molecule has 3 aliphatic rings. The fourth-order valence-electron chi connectivity index (χ4n) is 3.85. The number of rotatable bonds is 12. The maximum atomic E-state index is 13.9. The molecule has 1 heterocycles. The number of hydrazine groups is 1. The molecule has 29 heavy (non-hydrogen) atoms. The van der Waals surface area contributed by atoms with Crippen molar-refractivity contribution in [1.82, 2.24) is 10.7 Å². The standard InChI is InChI=1S/C22H30FN3O3/c23-18-8-7-17(13-19(18)29-14-15-5-6-15)25-26-22(10-11-22)9-3-1-2-4-16-12-20(27)24-21(16)28/h7-8,13,15-16,25-26H,1-6,9-12,14H2,(H,24,27,28). The maximum absolute atomic E-state index is 13.9. The molecule has 2 aliphatic carbocycles. The Morgan fingerprint density at radius 3 is 2.69 bits per heavy atom. The smallest absolute Gasteiger partial charge is 0.230 e. The SMILES string of the molecule is O=C1CC(CCCCCC2(NNc3ccc(F)c(OCC4CC4)c3)CC2)C(=O)N1. The second-order valence-corrected chi connectivity index (χ2v) is 8.84. The van der Waals surface area contributed by atoms with Gasteiger partial charge in [0.25, 0.3) is 0 Å². The summed E-state index contributed by atoms with van der Waals surface area (Å²) in [5.74, 6) is 0.181. The Kier molecular flexibility index (Phi) is 6.04. The van der Waals surface area contributed by atoms with E-state index in [1.165, 1.54) is 18.9 Å². The van der Waals surface area contributed by atoms with E-state index in [9.17, 15) is 14.0 Å². The van der Waals surface area contributed by atoms with E-state index < -0.39 is 0 Å². The molecule has 3 fully saturated rings. The van der Waals surface area contributed by atoms with Gasteiger partial charge in [0.05, 0.1) is 12.3 Å². The van der Waals surface area contributed by atoms with Crippen molar-refractivity contribution < 1.29 is 18.7 Å². The molecule has 0 spiro atoms. The maximum Gasteiger partial charge on any atom is 0.230 e. The summed E-state index contributed by atoms with van der Waals surface area (Å²) in [6.07, 6.45) is 9.88. The fraction of sp³-hybridized carbons (Fsp3) is 0.636. The molecule has 0 radical (unpaired) electrons. The van der Waals surface area contributed by atoms with Crippen molar-refractivity contribution >= 4 is 17.5 Å². The summed E-state index contributed by atoms with van der Waals surface area (Å²) in [5.41, 5.74) is 7.55. The monoisotopic (exact) mass is 403 g/mol. The Bertz CT molecular complexity index is 762. The van der Waals surface area contributed by atoms with Crippen LogP contribution in [0.3, 0.4) is 0 Å². The molecule has 1 aromatic rings. The molecule has 158 valence electrons. The van der Waals surface area contributed by atoms with E-state index in [0.717, 1.165) is 50.6 Å². The molecule has 0 bridgehead atoms. The zero-order valence-electron chi connectivity index (χ0n) is 16.8. The van der Waals surface area contributed by atoms with Crippen molar-refractivity contribution in [2.45, 2.75) is 69.7 Å². The van der Waals surface area contributed by atoms with Gasteiger partial charge in [0.2, 0.25) is 11.8 Å². The molecule has 1 aliphatic heterocycles. The number of halogens is 1. The second kappa shape index (κ2) is 8.69. The van der Waals surface area contributed by atoms with Crippen molar-refractivity contribution in [3.63, 3.8) is 0 Å². The van der Waals surface area contributed by atoms with Crippen molar-refractivity contribution in [3.05, 3.63) is 24.0 Å². The number of carbonyl (C=O) groups is 2. The first-order valence-electron chi connectivity index (χ1n) is 10.8.